The number of ether oxygens (including phenoxy) is 3. The second-order valence-corrected chi connectivity index (χ2v) is 6.67. The molecule has 2 aromatic carbocycles. The lowest BCUT2D eigenvalue weighted by Crippen LogP contribution is -2.39. The van der Waals surface area contributed by atoms with Gasteiger partial charge in [0.25, 0.3) is 0 Å². The van der Waals surface area contributed by atoms with Gasteiger partial charge in [0.2, 0.25) is 0 Å². The van der Waals surface area contributed by atoms with Gasteiger partial charge in [-0.15, -0.1) is 0 Å². The maximum absolute atomic E-state index is 12.5. The van der Waals surface area contributed by atoms with E-state index in [1.54, 1.807) is 30.3 Å². The second-order valence-electron chi connectivity index (χ2n) is 6.23. The third kappa shape index (κ3) is 4.27. The molecule has 3 rings (SSSR count). The number of carbonyl (C=O) groups excluding carboxylic acids is 2. The summed E-state index contributed by atoms with van der Waals surface area (Å²) in [5.74, 6) is -1.42. The van der Waals surface area contributed by atoms with Gasteiger partial charge in [-0.1, -0.05) is 41.9 Å². The number of nitrogens with zero attached hydrogens (tertiary/aromatic N) is 1. The van der Waals surface area contributed by atoms with Crippen molar-refractivity contribution in [3.05, 3.63) is 76.0 Å². The number of hydrogen-bond acceptors (Lipinski definition) is 7. The van der Waals surface area contributed by atoms with Gasteiger partial charge >= 0.3 is 11.9 Å². The first-order valence-electron chi connectivity index (χ1n) is 8.75. The molecule has 2 aromatic rings. The Labute approximate surface area is 173 Å². The number of hydrogen-bond donors (Lipinski definition) is 1. The Hall–Kier alpha value is -2.87. The molecule has 7 nitrogen and oxygen atoms in total. The van der Waals surface area contributed by atoms with Crippen LogP contribution in [0.3, 0.4) is 0 Å². The van der Waals surface area contributed by atoms with Gasteiger partial charge in [-0.3, -0.25) is 0 Å². The molecule has 0 radical (unpaired) electrons. The Bertz CT molecular complexity index is 943. The lowest BCUT2D eigenvalue weighted by atomic mass is 9.98. The van der Waals surface area contributed by atoms with Crippen LogP contribution in [0.1, 0.15) is 17.2 Å². The first kappa shape index (κ1) is 20.9. The van der Waals surface area contributed by atoms with E-state index in [4.69, 9.17) is 25.8 Å². The van der Waals surface area contributed by atoms with Crippen molar-refractivity contribution in [2.24, 2.45) is 0 Å². The summed E-state index contributed by atoms with van der Waals surface area (Å²) in [6.45, 7) is -0.126. The molecule has 0 aromatic heterocycles. The van der Waals surface area contributed by atoms with E-state index in [1.807, 2.05) is 18.2 Å². The molecule has 0 aliphatic carbocycles. The summed E-state index contributed by atoms with van der Waals surface area (Å²) >= 11 is 6.18. The highest BCUT2D eigenvalue weighted by Gasteiger charge is 2.34. The zero-order chi connectivity index (χ0) is 21.0. The molecule has 1 aliphatic rings. The number of halogens is 1. The van der Waals surface area contributed by atoms with E-state index in [2.05, 4.69) is 0 Å². The molecule has 152 valence electrons. The molecular formula is C21H20ClNO6. The van der Waals surface area contributed by atoms with Crippen LogP contribution in [0.5, 0.6) is 0 Å². The third-order valence-electron chi connectivity index (χ3n) is 4.52. The van der Waals surface area contributed by atoms with Crippen LogP contribution in [-0.2, 0) is 23.8 Å². The van der Waals surface area contributed by atoms with Crippen molar-refractivity contribution in [1.29, 1.82) is 0 Å². The first-order valence-corrected chi connectivity index (χ1v) is 9.13. The Kier molecular flexibility index (Phi) is 6.53. The second kappa shape index (κ2) is 9.09. The number of rotatable bonds is 5. The summed E-state index contributed by atoms with van der Waals surface area (Å²) < 4.78 is 15.2. The largest absolute Gasteiger partial charge is 0.466 e. The smallest absolute Gasteiger partial charge is 0.355 e. The maximum Gasteiger partial charge on any atom is 0.355 e. The number of aliphatic hydroxyl groups excluding tert-OH is 1. The molecule has 0 saturated carbocycles. The highest BCUT2D eigenvalue weighted by atomic mass is 35.5. The van der Waals surface area contributed by atoms with Crippen LogP contribution < -0.4 is 4.90 Å². The number of esters is 2. The van der Waals surface area contributed by atoms with Gasteiger partial charge < -0.3 is 24.2 Å². The zero-order valence-electron chi connectivity index (χ0n) is 15.9. The summed E-state index contributed by atoms with van der Waals surface area (Å²) in [7, 11) is 2.44. The lowest BCUT2D eigenvalue weighted by molar-refractivity contribution is -0.140. The van der Waals surface area contributed by atoms with Crippen molar-refractivity contribution in [3.8, 4) is 0 Å². The molecular weight excluding hydrogens is 398 g/mol. The lowest BCUT2D eigenvalue weighted by Gasteiger charge is -2.33. The minimum atomic E-state index is -1.02. The van der Waals surface area contributed by atoms with Crippen molar-refractivity contribution in [3.63, 3.8) is 0 Å². The molecule has 1 unspecified atom stereocenters. The molecule has 1 atom stereocenters. The van der Waals surface area contributed by atoms with Crippen LogP contribution >= 0.6 is 11.6 Å². The predicted octanol–water partition coefficient (Wildman–Crippen LogP) is 2.82. The Morgan fingerprint density at radius 2 is 1.79 bits per heavy atom. The van der Waals surface area contributed by atoms with Crippen molar-refractivity contribution < 1.29 is 28.9 Å². The minimum absolute atomic E-state index is 0.00515. The van der Waals surface area contributed by atoms with Gasteiger partial charge in [0.1, 0.15) is 18.5 Å². The summed E-state index contributed by atoms with van der Waals surface area (Å²) in [6.07, 6.45) is -1.02. The quantitative estimate of drug-likeness (QED) is 0.748. The summed E-state index contributed by atoms with van der Waals surface area (Å²) in [4.78, 5) is 26.2. The summed E-state index contributed by atoms with van der Waals surface area (Å²) in [5, 5.41) is 11.4. The van der Waals surface area contributed by atoms with E-state index in [0.717, 1.165) is 0 Å². The molecule has 0 amide bonds. The van der Waals surface area contributed by atoms with Crippen LogP contribution in [0.25, 0.3) is 0 Å². The van der Waals surface area contributed by atoms with Crippen LogP contribution in [0.2, 0.25) is 5.02 Å². The number of anilines is 1. The average Bonchev–Trinajstić information content (AvgIpc) is 2.77. The normalized spacial score (nSPS) is 15.1. The number of carbonyl (C=O) groups is 2. The Morgan fingerprint density at radius 3 is 2.45 bits per heavy atom. The van der Waals surface area contributed by atoms with E-state index in [-0.39, 0.29) is 24.6 Å². The summed E-state index contributed by atoms with van der Waals surface area (Å²) in [6, 6.07) is 13.9. The highest BCUT2D eigenvalue weighted by molar-refractivity contribution is 6.30. The van der Waals surface area contributed by atoms with Crippen LogP contribution in [0, 0.1) is 0 Å². The number of methoxy groups -OCH3 is 2. The van der Waals surface area contributed by atoms with E-state index in [1.165, 1.54) is 19.1 Å². The fraction of sp³-hybridized carbons (Fsp3) is 0.238. The van der Waals surface area contributed by atoms with Crippen molar-refractivity contribution in [2.45, 2.75) is 6.10 Å². The number of benzene rings is 2. The molecule has 0 bridgehead atoms. The van der Waals surface area contributed by atoms with E-state index in [0.29, 0.717) is 21.8 Å². The first-order chi connectivity index (χ1) is 14.0. The third-order valence-corrected chi connectivity index (χ3v) is 4.76. The SMILES string of the molecule is COC(=O)C1=C(C(=O)OC)N(c2ccc(Cl)cc2C(O)c2ccccc2)COC1. The standard InChI is InChI=1S/C21H20ClNO6/c1-27-20(25)16-11-29-12-23(18(16)21(26)28-2)17-9-8-14(22)10-15(17)19(24)13-6-4-3-5-7-13/h3-10,19,24H,11-12H2,1-2H3. The van der Waals surface area contributed by atoms with Gasteiger partial charge in [0.15, 0.2) is 0 Å². The van der Waals surface area contributed by atoms with Crippen LogP contribution in [-0.4, -0.2) is 44.6 Å². The van der Waals surface area contributed by atoms with E-state index >= 15 is 0 Å². The van der Waals surface area contributed by atoms with Crippen molar-refractivity contribution >= 4 is 29.2 Å². The van der Waals surface area contributed by atoms with Crippen LogP contribution in [0.15, 0.2) is 59.8 Å². The topological polar surface area (TPSA) is 85.3 Å². The molecule has 29 heavy (non-hydrogen) atoms. The molecule has 1 heterocycles. The maximum atomic E-state index is 12.5. The predicted molar refractivity (Wildman–Crippen MR) is 106 cm³/mol. The highest BCUT2D eigenvalue weighted by Crippen LogP contribution is 2.36. The average molecular weight is 418 g/mol. The van der Waals surface area contributed by atoms with Gasteiger partial charge in [-0.05, 0) is 23.8 Å². The van der Waals surface area contributed by atoms with Crippen molar-refractivity contribution in [2.75, 3.05) is 32.5 Å². The zero-order valence-corrected chi connectivity index (χ0v) is 16.7. The molecule has 0 spiro atoms. The molecule has 0 saturated heterocycles. The molecule has 1 aliphatic heterocycles. The van der Waals surface area contributed by atoms with Crippen LogP contribution in [0.4, 0.5) is 5.69 Å². The van der Waals surface area contributed by atoms with E-state index in [9.17, 15) is 14.7 Å². The Morgan fingerprint density at radius 1 is 1.10 bits per heavy atom. The van der Waals surface area contributed by atoms with Gasteiger partial charge in [0, 0.05) is 16.3 Å². The van der Waals surface area contributed by atoms with E-state index < -0.39 is 18.0 Å². The summed E-state index contributed by atoms with van der Waals surface area (Å²) in [5.41, 5.74) is 1.56. The minimum Gasteiger partial charge on any atom is -0.466 e. The van der Waals surface area contributed by atoms with Crippen molar-refractivity contribution in [1.82, 2.24) is 0 Å². The molecule has 0 fully saturated rings. The number of aliphatic hydroxyl groups is 1. The fourth-order valence-corrected chi connectivity index (χ4v) is 3.32. The van der Waals surface area contributed by atoms with Gasteiger partial charge in [-0.2, -0.15) is 0 Å². The Balaban J connectivity index is 2.16. The monoisotopic (exact) mass is 417 g/mol. The van der Waals surface area contributed by atoms with Gasteiger partial charge in [-0.25, -0.2) is 9.59 Å². The fourth-order valence-electron chi connectivity index (χ4n) is 3.14. The molecule has 8 heteroatoms. The van der Waals surface area contributed by atoms with Gasteiger partial charge in [0.05, 0.1) is 26.4 Å². The molecule has 1 N–H and O–H groups in total.